The fourth-order valence-corrected chi connectivity index (χ4v) is 6.87. The summed E-state index contributed by atoms with van der Waals surface area (Å²) in [7, 11) is -3.46. The summed E-state index contributed by atoms with van der Waals surface area (Å²) in [6.07, 6.45) is 3.50. The van der Waals surface area contributed by atoms with Gasteiger partial charge in [-0.05, 0) is 66.4 Å². The monoisotopic (exact) mass is 587 g/mol. The molecule has 1 saturated carbocycles. The van der Waals surface area contributed by atoms with E-state index < -0.39 is 15.3 Å². The molecular formula is C22H22BrN9O2S2. The molecule has 0 spiro atoms. The Balaban J connectivity index is 1.34. The highest BCUT2D eigenvalue weighted by Crippen LogP contribution is 2.30. The average Bonchev–Trinajstić information content (AvgIpc) is 3.59. The highest BCUT2D eigenvalue weighted by molar-refractivity contribution is 9.10. The number of hydrogen-bond acceptors (Lipinski definition) is 10. The van der Waals surface area contributed by atoms with Crippen molar-refractivity contribution in [2.75, 3.05) is 11.9 Å². The van der Waals surface area contributed by atoms with E-state index in [9.17, 15) is 8.42 Å². The molecule has 0 bridgehead atoms. The molecule has 14 heteroatoms. The van der Waals surface area contributed by atoms with Gasteiger partial charge in [-0.3, -0.25) is 0 Å². The largest absolute Gasteiger partial charge is 0.351 e. The molecule has 186 valence electrons. The molecule has 36 heavy (non-hydrogen) atoms. The van der Waals surface area contributed by atoms with Crippen LogP contribution in [0, 0.1) is 18.3 Å². The SMILES string of the molecule is Cc1nnc(-c2ccc(-n3nc(Br)c4cnc(N[C@@H]5CCC(S(=O)(=O)NCCC#N)C5)nc43)cc2)s1. The summed E-state index contributed by atoms with van der Waals surface area (Å²) in [4.78, 5) is 9.12. The van der Waals surface area contributed by atoms with Gasteiger partial charge in [0.1, 0.15) is 14.6 Å². The maximum absolute atomic E-state index is 12.5. The highest BCUT2D eigenvalue weighted by atomic mass is 79.9. The van der Waals surface area contributed by atoms with Crippen LogP contribution in [-0.4, -0.2) is 56.2 Å². The van der Waals surface area contributed by atoms with Gasteiger partial charge in [0.05, 0.1) is 22.4 Å². The number of halogens is 1. The number of benzene rings is 1. The number of nitrogens with zero attached hydrogens (tertiary/aromatic N) is 7. The summed E-state index contributed by atoms with van der Waals surface area (Å²) < 4.78 is 29.9. The number of fused-ring (bicyclic) bond motifs is 1. The Morgan fingerprint density at radius 2 is 2.06 bits per heavy atom. The van der Waals surface area contributed by atoms with E-state index in [2.05, 4.69) is 46.2 Å². The third-order valence-electron chi connectivity index (χ3n) is 5.96. The summed E-state index contributed by atoms with van der Waals surface area (Å²) >= 11 is 5.03. The summed E-state index contributed by atoms with van der Waals surface area (Å²) in [6, 6.07) is 9.72. The molecule has 2 N–H and O–H groups in total. The van der Waals surface area contributed by atoms with E-state index in [0.29, 0.717) is 35.5 Å². The Bertz CT molecular complexity index is 1540. The fraction of sp³-hybridized carbons (Fsp3) is 0.364. The van der Waals surface area contributed by atoms with Gasteiger partial charge in [0.15, 0.2) is 5.65 Å². The van der Waals surface area contributed by atoms with Crippen LogP contribution in [-0.2, 0) is 10.0 Å². The molecule has 0 aliphatic heterocycles. The Morgan fingerprint density at radius 1 is 1.25 bits per heavy atom. The molecule has 1 aliphatic rings. The molecule has 1 unspecified atom stereocenters. The van der Waals surface area contributed by atoms with E-state index in [-0.39, 0.29) is 19.0 Å². The number of nitrogens with one attached hydrogen (secondary N) is 2. The molecule has 4 aromatic rings. The minimum Gasteiger partial charge on any atom is -0.351 e. The molecule has 2 atom stereocenters. The van der Waals surface area contributed by atoms with Gasteiger partial charge in [-0.2, -0.15) is 15.3 Å². The van der Waals surface area contributed by atoms with Crippen LogP contribution < -0.4 is 10.0 Å². The minimum absolute atomic E-state index is 0.0746. The van der Waals surface area contributed by atoms with Gasteiger partial charge in [-0.1, -0.05) is 11.3 Å². The van der Waals surface area contributed by atoms with Gasteiger partial charge >= 0.3 is 0 Å². The first-order valence-corrected chi connectivity index (χ1v) is 14.4. The second-order valence-corrected chi connectivity index (χ2v) is 12.4. The van der Waals surface area contributed by atoms with Crippen LogP contribution in [0.5, 0.6) is 0 Å². The van der Waals surface area contributed by atoms with Gasteiger partial charge in [0, 0.05) is 30.8 Å². The summed E-state index contributed by atoms with van der Waals surface area (Å²) in [6.45, 7) is 2.06. The molecule has 0 saturated heterocycles. The van der Waals surface area contributed by atoms with Crippen molar-refractivity contribution in [1.82, 2.24) is 34.7 Å². The molecule has 1 fully saturated rings. The lowest BCUT2D eigenvalue weighted by atomic mass is 10.2. The van der Waals surface area contributed by atoms with Gasteiger partial charge in [-0.15, -0.1) is 10.2 Å². The van der Waals surface area contributed by atoms with Crippen molar-refractivity contribution >= 4 is 54.3 Å². The number of aryl methyl sites for hydroxylation is 1. The predicted molar refractivity (Wildman–Crippen MR) is 140 cm³/mol. The molecule has 5 rings (SSSR count). The van der Waals surface area contributed by atoms with Crippen molar-refractivity contribution in [2.45, 2.75) is 43.9 Å². The van der Waals surface area contributed by atoms with Crippen LogP contribution in [0.25, 0.3) is 27.3 Å². The third kappa shape index (κ3) is 5.10. The van der Waals surface area contributed by atoms with Gasteiger partial charge in [0.2, 0.25) is 16.0 Å². The Morgan fingerprint density at radius 3 is 2.78 bits per heavy atom. The second kappa shape index (κ2) is 10.2. The zero-order valence-corrected chi connectivity index (χ0v) is 22.4. The molecule has 0 amide bonds. The van der Waals surface area contributed by atoms with Crippen LogP contribution in [0.15, 0.2) is 35.1 Å². The van der Waals surface area contributed by atoms with Crippen molar-refractivity contribution in [1.29, 1.82) is 5.26 Å². The predicted octanol–water partition coefficient (Wildman–Crippen LogP) is 3.57. The summed E-state index contributed by atoms with van der Waals surface area (Å²) in [5.74, 6) is 0.414. The van der Waals surface area contributed by atoms with Gasteiger partial charge in [0.25, 0.3) is 0 Å². The molecule has 1 aliphatic carbocycles. The van der Waals surface area contributed by atoms with Crippen molar-refractivity contribution in [2.24, 2.45) is 0 Å². The number of hydrogen-bond donors (Lipinski definition) is 2. The lowest BCUT2D eigenvalue weighted by molar-refractivity contribution is 0.564. The zero-order chi connectivity index (χ0) is 25.3. The van der Waals surface area contributed by atoms with Crippen LogP contribution in [0.3, 0.4) is 0 Å². The lowest BCUT2D eigenvalue weighted by Crippen LogP contribution is -2.34. The standard InChI is InChI=1S/C22H22BrN9O2S2/c1-13-29-30-21(35-13)14-3-6-16(7-4-14)32-20-18(19(23)31-32)12-25-22(28-20)27-15-5-8-17(11-15)36(33,34)26-10-2-9-24/h3-4,6-7,12,15,17,26H,2,5,8,10-11H2,1H3,(H,25,27,28)/t15-,17?/m1/s1. The van der Waals surface area contributed by atoms with E-state index in [0.717, 1.165) is 26.7 Å². The first kappa shape index (κ1) is 24.7. The topological polar surface area (TPSA) is 151 Å². The molecule has 0 radical (unpaired) electrons. The van der Waals surface area contributed by atoms with Gasteiger partial charge in [-0.25, -0.2) is 22.8 Å². The number of nitriles is 1. The average molecular weight is 589 g/mol. The van der Waals surface area contributed by atoms with Crippen molar-refractivity contribution in [3.63, 3.8) is 0 Å². The van der Waals surface area contributed by atoms with E-state index >= 15 is 0 Å². The quantitative estimate of drug-likeness (QED) is 0.294. The molecular weight excluding hydrogens is 566 g/mol. The van der Waals surface area contributed by atoms with E-state index in [1.807, 2.05) is 37.3 Å². The maximum atomic E-state index is 12.5. The van der Waals surface area contributed by atoms with E-state index in [1.165, 1.54) is 11.3 Å². The van der Waals surface area contributed by atoms with Crippen molar-refractivity contribution in [3.05, 3.63) is 40.1 Å². The maximum Gasteiger partial charge on any atom is 0.224 e. The fourth-order valence-electron chi connectivity index (χ4n) is 4.18. The third-order valence-corrected chi connectivity index (χ3v) is 9.35. The van der Waals surface area contributed by atoms with Crippen molar-refractivity contribution in [3.8, 4) is 22.3 Å². The molecule has 3 heterocycles. The molecule has 11 nitrogen and oxygen atoms in total. The molecule has 3 aromatic heterocycles. The second-order valence-electron chi connectivity index (χ2n) is 8.43. The normalized spacial score (nSPS) is 17.9. The summed E-state index contributed by atoms with van der Waals surface area (Å²) in [5.41, 5.74) is 2.43. The first-order chi connectivity index (χ1) is 17.3. The highest BCUT2D eigenvalue weighted by Gasteiger charge is 2.34. The number of sulfonamides is 1. The zero-order valence-electron chi connectivity index (χ0n) is 19.2. The van der Waals surface area contributed by atoms with E-state index in [1.54, 1.807) is 10.9 Å². The Labute approximate surface area is 220 Å². The van der Waals surface area contributed by atoms with Crippen LogP contribution in [0.4, 0.5) is 5.95 Å². The first-order valence-electron chi connectivity index (χ1n) is 11.3. The number of anilines is 1. The molecule has 1 aromatic carbocycles. The van der Waals surface area contributed by atoms with Crippen LogP contribution in [0.2, 0.25) is 0 Å². The number of rotatable bonds is 8. The number of aromatic nitrogens is 6. The minimum atomic E-state index is -3.46. The smallest absolute Gasteiger partial charge is 0.224 e. The Kier molecular flexibility index (Phi) is 6.98. The van der Waals surface area contributed by atoms with E-state index in [4.69, 9.17) is 10.2 Å². The van der Waals surface area contributed by atoms with Crippen LogP contribution >= 0.6 is 27.3 Å². The van der Waals surface area contributed by atoms with Crippen molar-refractivity contribution < 1.29 is 8.42 Å². The van der Waals surface area contributed by atoms with Gasteiger partial charge < -0.3 is 5.32 Å². The lowest BCUT2D eigenvalue weighted by Gasteiger charge is -2.14. The van der Waals surface area contributed by atoms with Crippen LogP contribution in [0.1, 0.15) is 30.7 Å². The Hall–Kier alpha value is -2.99. The summed E-state index contributed by atoms with van der Waals surface area (Å²) in [5, 5.41) is 26.8.